The van der Waals surface area contributed by atoms with Crippen LogP contribution in [0.1, 0.15) is 45.7 Å². The molecular formula is C17H29NO2S. The maximum absolute atomic E-state index is 9.62. The number of aliphatic hydroxyl groups excluding tert-OH is 1. The van der Waals surface area contributed by atoms with Crippen molar-refractivity contribution >= 4 is 11.8 Å². The lowest BCUT2D eigenvalue weighted by atomic mass is 10.1. The molecule has 0 aliphatic rings. The molecular weight excluding hydrogens is 282 g/mol. The summed E-state index contributed by atoms with van der Waals surface area (Å²) < 4.78 is 5.49. The molecule has 0 spiro atoms. The van der Waals surface area contributed by atoms with E-state index in [-0.39, 0.29) is 11.4 Å². The van der Waals surface area contributed by atoms with Crippen LogP contribution in [0.2, 0.25) is 0 Å². The summed E-state index contributed by atoms with van der Waals surface area (Å²) in [6.07, 6.45) is 0.839. The van der Waals surface area contributed by atoms with Gasteiger partial charge in [-0.1, -0.05) is 26.0 Å². The molecule has 3 unspecified atom stereocenters. The van der Waals surface area contributed by atoms with Gasteiger partial charge in [0.2, 0.25) is 0 Å². The Morgan fingerprint density at radius 2 is 1.86 bits per heavy atom. The zero-order chi connectivity index (χ0) is 15.7. The van der Waals surface area contributed by atoms with E-state index in [1.807, 2.05) is 37.7 Å². The Labute approximate surface area is 133 Å². The van der Waals surface area contributed by atoms with E-state index in [0.717, 1.165) is 24.5 Å². The van der Waals surface area contributed by atoms with Gasteiger partial charge < -0.3 is 15.2 Å². The first-order valence-corrected chi connectivity index (χ1v) is 8.89. The van der Waals surface area contributed by atoms with Gasteiger partial charge in [0.05, 0.1) is 12.7 Å². The van der Waals surface area contributed by atoms with E-state index in [4.69, 9.17) is 4.74 Å². The summed E-state index contributed by atoms with van der Waals surface area (Å²) in [5, 5.41) is 13.5. The summed E-state index contributed by atoms with van der Waals surface area (Å²) in [6.45, 7) is 9.79. The Balaban J connectivity index is 2.67. The largest absolute Gasteiger partial charge is 0.494 e. The Kier molecular flexibility index (Phi) is 8.81. The van der Waals surface area contributed by atoms with Crippen molar-refractivity contribution in [3.63, 3.8) is 0 Å². The van der Waals surface area contributed by atoms with E-state index in [0.29, 0.717) is 12.6 Å². The fourth-order valence-electron chi connectivity index (χ4n) is 1.94. The van der Waals surface area contributed by atoms with Crippen molar-refractivity contribution in [1.29, 1.82) is 0 Å². The highest BCUT2D eigenvalue weighted by Crippen LogP contribution is 2.24. The van der Waals surface area contributed by atoms with E-state index in [1.54, 1.807) is 0 Å². The zero-order valence-corrected chi connectivity index (χ0v) is 14.5. The molecule has 0 aliphatic heterocycles. The van der Waals surface area contributed by atoms with Crippen LogP contribution < -0.4 is 10.1 Å². The topological polar surface area (TPSA) is 41.5 Å². The minimum absolute atomic E-state index is 0.249. The van der Waals surface area contributed by atoms with Crippen LogP contribution in [0.4, 0.5) is 0 Å². The Bertz CT molecular complexity index is 381. The molecule has 0 bridgehead atoms. The van der Waals surface area contributed by atoms with Crippen LogP contribution in [-0.2, 0) is 0 Å². The number of rotatable bonds is 10. The molecule has 3 nitrogen and oxygen atoms in total. The second-order valence-electron chi connectivity index (χ2n) is 5.29. The third-order valence-electron chi connectivity index (χ3n) is 3.44. The van der Waals surface area contributed by atoms with Gasteiger partial charge >= 0.3 is 0 Å². The molecule has 0 aliphatic carbocycles. The van der Waals surface area contributed by atoms with E-state index in [2.05, 4.69) is 31.3 Å². The SMILES string of the molecule is CCCNC(CSC(C)C(C)O)c1ccc(OCC)cc1. The molecule has 1 aromatic carbocycles. The van der Waals surface area contributed by atoms with Gasteiger partial charge in [-0.2, -0.15) is 11.8 Å². The van der Waals surface area contributed by atoms with Gasteiger partial charge in [-0.15, -0.1) is 0 Å². The van der Waals surface area contributed by atoms with E-state index < -0.39 is 0 Å². The lowest BCUT2D eigenvalue weighted by molar-refractivity contribution is 0.196. The lowest BCUT2D eigenvalue weighted by Gasteiger charge is -2.22. The summed E-state index contributed by atoms with van der Waals surface area (Å²) in [7, 11) is 0. The minimum atomic E-state index is -0.276. The molecule has 0 radical (unpaired) electrons. The average molecular weight is 311 g/mol. The van der Waals surface area contributed by atoms with Gasteiger partial charge in [-0.25, -0.2) is 0 Å². The molecule has 0 saturated carbocycles. The number of ether oxygens (including phenoxy) is 1. The summed E-state index contributed by atoms with van der Waals surface area (Å²) in [6, 6.07) is 8.63. The van der Waals surface area contributed by atoms with Crippen molar-refractivity contribution in [1.82, 2.24) is 5.32 Å². The lowest BCUT2D eigenvalue weighted by Crippen LogP contribution is -2.26. The first kappa shape index (κ1) is 18.3. The highest BCUT2D eigenvalue weighted by molar-refractivity contribution is 7.99. The van der Waals surface area contributed by atoms with Crippen LogP contribution in [-0.4, -0.2) is 35.4 Å². The van der Waals surface area contributed by atoms with Gasteiger partial charge in [-0.05, 0) is 44.5 Å². The molecule has 0 fully saturated rings. The highest BCUT2D eigenvalue weighted by atomic mass is 32.2. The van der Waals surface area contributed by atoms with Crippen LogP contribution in [0.3, 0.4) is 0 Å². The second-order valence-corrected chi connectivity index (χ2v) is 6.70. The van der Waals surface area contributed by atoms with Crippen LogP contribution in [0.15, 0.2) is 24.3 Å². The van der Waals surface area contributed by atoms with Crippen LogP contribution in [0, 0.1) is 0 Å². The highest BCUT2D eigenvalue weighted by Gasteiger charge is 2.15. The van der Waals surface area contributed by atoms with Crippen LogP contribution in [0.5, 0.6) is 5.75 Å². The van der Waals surface area contributed by atoms with E-state index in [1.165, 1.54) is 5.56 Å². The fraction of sp³-hybridized carbons (Fsp3) is 0.647. The molecule has 1 aromatic rings. The molecule has 0 heterocycles. The third-order valence-corrected chi connectivity index (χ3v) is 4.88. The molecule has 0 aromatic heterocycles. The molecule has 2 N–H and O–H groups in total. The van der Waals surface area contributed by atoms with Gasteiger partial charge in [0.25, 0.3) is 0 Å². The second kappa shape index (κ2) is 10.1. The van der Waals surface area contributed by atoms with Gasteiger partial charge in [0.15, 0.2) is 0 Å². The number of hydrogen-bond donors (Lipinski definition) is 2. The van der Waals surface area contributed by atoms with Crippen molar-refractivity contribution in [3.05, 3.63) is 29.8 Å². The molecule has 0 amide bonds. The number of benzene rings is 1. The van der Waals surface area contributed by atoms with Crippen LogP contribution >= 0.6 is 11.8 Å². The number of thioether (sulfide) groups is 1. The quantitative estimate of drug-likeness (QED) is 0.692. The maximum atomic E-state index is 9.62. The minimum Gasteiger partial charge on any atom is -0.494 e. The first-order valence-electron chi connectivity index (χ1n) is 7.84. The van der Waals surface area contributed by atoms with Crippen LogP contribution in [0.25, 0.3) is 0 Å². The Morgan fingerprint density at radius 3 is 2.38 bits per heavy atom. The summed E-state index contributed by atoms with van der Waals surface area (Å²) in [5.74, 6) is 1.88. The van der Waals surface area contributed by atoms with Crippen molar-refractivity contribution < 1.29 is 9.84 Å². The normalized spacial score (nSPS) is 15.5. The first-order chi connectivity index (χ1) is 10.1. The summed E-state index contributed by atoms with van der Waals surface area (Å²) >= 11 is 1.81. The standard InChI is InChI=1S/C17H29NO2S/c1-5-11-18-17(12-21-14(4)13(3)19)15-7-9-16(10-8-15)20-6-2/h7-10,13-14,17-19H,5-6,11-12H2,1-4H3. The predicted molar refractivity (Wildman–Crippen MR) is 92.2 cm³/mol. The zero-order valence-electron chi connectivity index (χ0n) is 13.6. The van der Waals surface area contributed by atoms with Gasteiger partial charge in [0, 0.05) is 17.0 Å². The van der Waals surface area contributed by atoms with Crippen molar-refractivity contribution in [2.75, 3.05) is 18.9 Å². The number of nitrogens with one attached hydrogen (secondary N) is 1. The van der Waals surface area contributed by atoms with Gasteiger partial charge in [-0.3, -0.25) is 0 Å². The van der Waals surface area contributed by atoms with Crippen molar-refractivity contribution in [3.8, 4) is 5.75 Å². The monoisotopic (exact) mass is 311 g/mol. The molecule has 21 heavy (non-hydrogen) atoms. The summed E-state index contributed by atoms with van der Waals surface area (Å²) in [5.41, 5.74) is 1.28. The molecule has 4 heteroatoms. The molecule has 120 valence electrons. The molecule has 1 rings (SSSR count). The van der Waals surface area contributed by atoms with E-state index in [9.17, 15) is 5.11 Å². The average Bonchev–Trinajstić information content (AvgIpc) is 2.48. The maximum Gasteiger partial charge on any atom is 0.119 e. The smallest absolute Gasteiger partial charge is 0.119 e. The Hall–Kier alpha value is -0.710. The third kappa shape index (κ3) is 6.72. The number of hydrogen-bond acceptors (Lipinski definition) is 4. The predicted octanol–water partition coefficient (Wildman–Crippen LogP) is 3.63. The fourth-order valence-corrected chi connectivity index (χ4v) is 3.03. The van der Waals surface area contributed by atoms with Crippen molar-refractivity contribution in [2.24, 2.45) is 0 Å². The van der Waals surface area contributed by atoms with Gasteiger partial charge in [0.1, 0.15) is 5.75 Å². The van der Waals surface area contributed by atoms with Crippen molar-refractivity contribution in [2.45, 2.75) is 51.5 Å². The molecule has 0 saturated heterocycles. The molecule has 3 atom stereocenters. The Morgan fingerprint density at radius 1 is 1.19 bits per heavy atom. The summed E-state index contributed by atoms with van der Waals surface area (Å²) in [4.78, 5) is 0. The number of aliphatic hydroxyl groups is 1. The van der Waals surface area contributed by atoms with E-state index >= 15 is 0 Å².